The van der Waals surface area contributed by atoms with Crippen LogP contribution >= 0.6 is 0 Å². The zero-order valence-corrected chi connectivity index (χ0v) is 24.5. The van der Waals surface area contributed by atoms with Crippen LogP contribution in [-0.4, -0.2) is 59.9 Å². The molecule has 0 saturated carbocycles. The molecule has 0 aromatic rings. The second-order valence-electron chi connectivity index (χ2n) is 10.8. The van der Waals surface area contributed by atoms with Gasteiger partial charge in [0.05, 0.1) is 0 Å². The van der Waals surface area contributed by atoms with E-state index in [0.29, 0.717) is 12.8 Å². The van der Waals surface area contributed by atoms with Gasteiger partial charge < -0.3 is 10.2 Å². The van der Waals surface area contributed by atoms with Gasteiger partial charge in [0.25, 0.3) is 0 Å². The third kappa shape index (κ3) is 46.4. The average Bonchev–Trinajstić information content (AvgIpc) is 2.85. The first kappa shape index (κ1) is 41.7. The number of unbranched alkanes of at least 4 members (excludes halogenated alkanes) is 24. The summed E-state index contributed by atoms with van der Waals surface area (Å²) >= 11 is 0. The maximum absolute atomic E-state index is 10.3. The predicted octanol–water partition coefficient (Wildman–Crippen LogP) is 10.2. The third-order valence-electron chi connectivity index (χ3n) is 6.99. The second-order valence-corrected chi connectivity index (χ2v) is 10.8. The average molecular weight is 555 g/mol. The summed E-state index contributed by atoms with van der Waals surface area (Å²) in [5.74, 6) is -1.31. The number of carbonyl (C=O) groups is 2. The van der Waals surface area contributed by atoms with E-state index in [-0.39, 0.29) is 37.7 Å². The van der Waals surface area contributed by atoms with Crippen LogP contribution in [0, 0.1) is 0 Å². The topological polar surface area (TPSA) is 74.6 Å². The molecule has 0 spiro atoms. The third-order valence-corrected chi connectivity index (χ3v) is 6.99. The Balaban J connectivity index is -0.000000623. The summed E-state index contributed by atoms with van der Waals surface area (Å²) in [5.41, 5.74) is 0. The minimum absolute atomic E-state index is 0. The molecule has 0 radical (unpaired) electrons. The molecule has 220 valence electrons. The first-order valence-corrected chi connectivity index (χ1v) is 16.0. The Hall–Kier alpha value is 0.200. The van der Waals surface area contributed by atoms with Crippen LogP contribution < -0.4 is 0 Å². The monoisotopic (exact) mass is 554 g/mol. The van der Waals surface area contributed by atoms with Crippen molar-refractivity contribution in [2.75, 3.05) is 0 Å². The summed E-state index contributed by atoms with van der Waals surface area (Å²) in [6.45, 7) is 4.52. The molecule has 0 aromatic heterocycles. The van der Waals surface area contributed by atoms with Crippen LogP contribution in [0.2, 0.25) is 0 Å². The molecule has 2 N–H and O–H groups in total. The van der Waals surface area contributed by atoms with Gasteiger partial charge >= 0.3 is 49.7 Å². The quantitative estimate of drug-likeness (QED) is 0.0745. The first-order valence-electron chi connectivity index (χ1n) is 16.0. The van der Waals surface area contributed by atoms with E-state index in [0.717, 1.165) is 25.7 Å². The van der Waals surface area contributed by atoms with Crippen molar-refractivity contribution in [3.8, 4) is 0 Å². The standard InChI is InChI=1S/C18H36O2.C14H28O2.Ca.2H/c1-2-3-4-5-6-7-8-9-10-11-12-13-14-15-16-17-18(19)20;1-2-3-4-5-6-7-8-9-10-11-12-13-14(15)16;;;/h2-17H2,1H3,(H,19,20);2-13H2,1H3,(H,15,16);;;. The van der Waals surface area contributed by atoms with E-state index in [4.69, 9.17) is 10.2 Å². The molecule has 4 nitrogen and oxygen atoms in total. The van der Waals surface area contributed by atoms with Gasteiger partial charge in [-0.15, -0.1) is 0 Å². The van der Waals surface area contributed by atoms with Crippen molar-refractivity contribution in [2.24, 2.45) is 0 Å². The van der Waals surface area contributed by atoms with E-state index in [1.54, 1.807) is 0 Å². The molecule has 0 saturated heterocycles. The zero-order valence-electron chi connectivity index (χ0n) is 24.5. The Bertz CT molecular complexity index is 443. The van der Waals surface area contributed by atoms with Crippen LogP contribution in [0.3, 0.4) is 0 Å². The Morgan fingerprint density at radius 1 is 0.351 bits per heavy atom. The molecule has 0 unspecified atom stereocenters. The van der Waals surface area contributed by atoms with Gasteiger partial charge in [-0.3, -0.25) is 9.59 Å². The fourth-order valence-electron chi connectivity index (χ4n) is 4.59. The molecule has 5 heteroatoms. The molecule has 0 atom stereocenters. The Kier molecular flexibility index (Phi) is 43.2. The summed E-state index contributed by atoms with van der Waals surface area (Å²) in [7, 11) is 0. The summed E-state index contributed by atoms with van der Waals surface area (Å²) in [6.07, 6.45) is 34.6. The van der Waals surface area contributed by atoms with Gasteiger partial charge in [-0.1, -0.05) is 168 Å². The van der Waals surface area contributed by atoms with Crippen molar-refractivity contribution >= 4 is 49.7 Å². The fourth-order valence-corrected chi connectivity index (χ4v) is 4.59. The molecule has 0 aliphatic heterocycles. The molecular formula is C32H66CaO4. The molecular weight excluding hydrogens is 488 g/mol. The van der Waals surface area contributed by atoms with Gasteiger partial charge in [-0.05, 0) is 12.8 Å². The van der Waals surface area contributed by atoms with E-state index < -0.39 is 11.9 Å². The number of hydrogen-bond donors (Lipinski definition) is 2. The van der Waals surface area contributed by atoms with Crippen molar-refractivity contribution in [1.82, 2.24) is 0 Å². The van der Waals surface area contributed by atoms with Crippen molar-refractivity contribution in [2.45, 2.75) is 194 Å². The molecule has 0 heterocycles. The number of hydrogen-bond acceptors (Lipinski definition) is 2. The van der Waals surface area contributed by atoms with Crippen molar-refractivity contribution in [3.63, 3.8) is 0 Å². The number of carboxylic acids is 2. The molecule has 0 bridgehead atoms. The van der Waals surface area contributed by atoms with Gasteiger partial charge in [0.2, 0.25) is 0 Å². The normalized spacial score (nSPS) is 10.4. The Labute approximate surface area is 261 Å². The second kappa shape index (κ2) is 38.3. The van der Waals surface area contributed by atoms with E-state index >= 15 is 0 Å². The predicted molar refractivity (Wildman–Crippen MR) is 164 cm³/mol. The van der Waals surface area contributed by atoms with Crippen molar-refractivity contribution in [1.29, 1.82) is 0 Å². The molecule has 0 aromatic carbocycles. The summed E-state index contributed by atoms with van der Waals surface area (Å²) in [4.78, 5) is 20.6. The van der Waals surface area contributed by atoms with Gasteiger partial charge in [-0.25, -0.2) is 0 Å². The van der Waals surface area contributed by atoms with Crippen molar-refractivity contribution in [3.05, 3.63) is 0 Å². The molecule has 37 heavy (non-hydrogen) atoms. The van der Waals surface area contributed by atoms with Crippen LogP contribution in [0.4, 0.5) is 0 Å². The van der Waals surface area contributed by atoms with E-state index in [9.17, 15) is 9.59 Å². The van der Waals surface area contributed by atoms with Crippen LogP contribution in [0.25, 0.3) is 0 Å². The molecule has 0 aliphatic carbocycles. The summed E-state index contributed by atoms with van der Waals surface area (Å²) < 4.78 is 0. The summed E-state index contributed by atoms with van der Waals surface area (Å²) in [6, 6.07) is 0. The maximum atomic E-state index is 10.3. The van der Waals surface area contributed by atoms with E-state index in [2.05, 4.69) is 13.8 Å². The van der Waals surface area contributed by atoms with E-state index in [1.807, 2.05) is 0 Å². The zero-order chi connectivity index (χ0) is 27.0. The van der Waals surface area contributed by atoms with E-state index in [1.165, 1.54) is 141 Å². The SMILES string of the molecule is CCCCCCCCCCCCCC(=O)O.CCCCCCCCCCCCCCCCCC(=O)O.[CaH2]. The van der Waals surface area contributed by atoms with Crippen LogP contribution in [0.5, 0.6) is 0 Å². The van der Waals surface area contributed by atoms with Gasteiger partial charge in [0.15, 0.2) is 0 Å². The molecule has 0 fully saturated rings. The van der Waals surface area contributed by atoms with Crippen LogP contribution in [-0.2, 0) is 9.59 Å². The Morgan fingerprint density at radius 3 is 0.676 bits per heavy atom. The van der Waals surface area contributed by atoms with Crippen molar-refractivity contribution < 1.29 is 19.8 Å². The van der Waals surface area contributed by atoms with Crippen LogP contribution in [0.15, 0.2) is 0 Å². The van der Waals surface area contributed by atoms with Gasteiger partial charge in [0.1, 0.15) is 0 Å². The van der Waals surface area contributed by atoms with Gasteiger partial charge in [0, 0.05) is 12.8 Å². The minimum atomic E-state index is -0.657. The number of carboxylic acid groups (broad SMARTS) is 2. The molecule has 0 amide bonds. The summed E-state index contributed by atoms with van der Waals surface area (Å²) in [5, 5.41) is 17.0. The fraction of sp³-hybridized carbons (Fsp3) is 0.938. The van der Waals surface area contributed by atoms with Gasteiger partial charge in [-0.2, -0.15) is 0 Å². The number of aliphatic carboxylic acids is 2. The first-order chi connectivity index (χ1) is 17.5. The molecule has 0 aliphatic rings. The van der Waals surface area contributed by atoms with Crippen LogP contribution in [0.1, 0.15) is 194 Å². The number of rotatable bonds is 28. The Morgan fingerprint density at radius 2 is 0.514 bits per heavy atom. The molecule has 0 rings (SSSR count).